The second kappa shape index (κ2) is 4.31. The van der Waals surface area contributed by atoms with Crippen molar-refractivity contribution in [1.29, 1.82) is 0 Å². The van der Waals surface area contributed by atoms with E-state index < -0.39 is 0 Å². The maximum absolute atomic E-state index is 12.3. The number of carbonyl (C=O) groups excluding carboxylic acids is 2. The number of rotatable bonds is 2. The van der Waals surface area contributed by atoms with Gasteiger partial charge in [0.1, 0.15) is 0 Å². The minimum atomic E-state index is -0.273. The molecule has 1 aromatic heterocycles. The summed E-state index contributed by atoms with van der Waals surface area (Å²) in [5.74, 6) is -0.0271. The molecule has 0 fully saturated rings. The Morgan fingerprint density at radius 2 is 1.68 bits per heavy atom. The molecule has 1 aliphatic rings. The van der Waals surface area contributed by atoms with E-state index in [1.807, 2.05) is 19.1 Å². The number of nitrogens with zero attached hydrogens (tertiary/aromatic N) is 1. The standard InChI is InChI=1S/C15H12N2O2/c1-2-10-7-8-16-13(9-10)17-14(18)11-5-3-4-6-12(11)15(17)19/h3-9H,2H2,1H3/p+1. The van der Waals surface area contributed by atoms with Gasteiger partial charge in [0.25, 0.3) is 5.82 Å². The largest absolute Gasteiger partial charge is 0.349 e. The number of imide groups is 1. The van der Waals surface area contributed by atoms with Gasteiger partial charge < -0.3 is 0 Å². The Balaban J connectivity index is 2.08. The fourth-order valence-corrected chi connectivity index (χ4v) is 2.26. The maximum Gasteiger partial charge on any atom is 0.349 e. The molecule has 3 rings (SSSR count). The molecule has 2 aromatic rings. The first kappa shape index (κ1) is 11.6. The van der Waals surface area contributed by atoms with E-state index in [0.29, 0.717) is 16.9 Å². The van der Waals surface area contributed by atoms with Crippen molar-refractivity contribution in [3.63, 3.8) is 0 Å². The lowest BCUT2D eigenvalue weighted by Gasteiger charge is -2.05. The highest BCUT2D eigenvalue weighted by Gasteiger charge is 2.43. The normalized spacial score (nSPS) is 13.8. The molecule has 2 amide bonds. The Hall–Kier alpha value is -2.49. The molecule has 2 heterocycles. The van der Waals surface area contributed by atoms with Crippen molar-refractivity contribution in [1.82, 2.24) is 0 Å². The van der Waals surface area contributed by atoms with Crippen LogP contribution in [0.5, 0.6) is 0 Å². The summed E-state index contributed by atoms with van der Waals surface area (Å²) in [6.07, 6.45) is 2.60. The zero-order valence-electron chi connectivity index (χ0n) is 10.5. The Bertz CT molecular complexity index is 644. The first-order valence-corrected chi connectivity index (χ1v) is 6.21. The van der Waals surface area contributed by atoms with Crippen molar-refractivity contribution in [3.05, 3.63) is 59.3 Å². The van der Waals surface area contributed by atoms with Gasteiger partial charge in [-0.05, 0) is 30.2 Å². The van der Waals surface area contributed by atoms with Crippen LogP contribution in [0.15, 0.2) is 42.6 Å². The highest BCUT2D eigenvalue weighted by Crippen LogP contribution is 2.25. The SMILES string of the molecule is CCc1cc[nH+]c(N2C(=O)c3ccccc3C2=O)c1. The molecule has 0 bridgehead atoms. The van der Waals surface area contributed by atoms with Gasteiger partial charge in [-0.2, -0.15) is 0 Å². The number of carbonyl (C=O) groups is 2. The number of benzene rings is 1. The van der Waals surface area contributed by atoms with E-state index in [1.54, 1.807) is 30.5 Å². The molecule has 0 unspecified atom stereocenters. The number of aromatic nitrogens is 1. The van der Waals surface area contributed by atoms with Crippen LogP contribution >= 0.6 is 0 Å². The van der Waals surface area contributed by atoms with Crippen molar-refractivity contribution >= 4 is 17.6 Å². The third kappa shape index (κ3) is 1.73. The van der Waals surface area contributed by atoms with Gasteiger partial charge in [0, 0.05) is 6.07 Å². The molecular weight excluding hydrogens is 240 g/mol. The van der Waals surface area contributed by atoms with Crippen molar-refractivity contribution in [2.45, 2.75) is 13.3 Å². The molecule has 0 atom stereocenters. The van der Waals surface area contributed by atoms with Crippen molar-refractivity contribution in [2.75, 3.05) is 4.90 Å². The third-order valence-electron chi connectivity index (χ3n) is 3.29. The number of hydrogen-bond donors (Lipinski definition) is 0. The molecule has 0 radical (unpaired) electrons. The van der Waals surface area contributed by atoms with Crippen LogP contribution in [-0.4, -0.2) is 11.8 Å². The van der Waals surface area contributed by atoms with E-state index >= 15 is 0 Å². The molecule has 94 valence electrons. The number of aromatic amines is 1. The Labute approximate surface area is 110 Å². The van der Waals surface area contributed by atoms with Crippen LogP contribution in [0, 0.1) is 0 Å². The minimum Gasteiger partial charge on any atom is -0.247 e. The van der Waals surface area contributed by atoms with E-state index in [1.165, 1.54) is 4.90 Å². The zero-order chi connectivity index (χ0) is 13.4. The molecule has 0 aliphatic carbocycles. The van der Waals surface area contributed by atoms with Crippen LogP contribution in [0.1, 0.15) is 33.2 Å². The number of anilines is 1. The number of aryl methyl sites for hydroxylation is 1. The first-order valence-electron chi connectivity index (χ1n) is 6.21. The van der Waals surface area contributed by atoms with Crippen LogP contribution < -0.4 is 9.88 Å². The van der Waals surface area contributed by atoms with Gasteiger partial charge in [0.2, 0.25) is 0 Å². The van der Waals surface area contributed by atoms with Gasteiger partial charge in [-0.15, -0.1) is 4.90 Å². The molecule has 4 heteroatoms. The van der Waals surface area contributed by atoms with E-state index in [0.717, 1.165) is 12.0 Å². The number of hydrogen-bond acceptors (Lipinski definition) is 2. The Morgan fingerprint density at radius 1 is 1.05 bits per heavy atom. The lowest BCUT2D eigenvalue weighted by molar-refractivity contribution is -0.362. The van der Waals surface area contributed by atoms with Crippen LogP contribution in [-0.2, 0) is 6.42 Å². The summed E-state index contributed by atoms with van der Waals surface area (Å²) in [5.41, 5.74) is 2.00. The lowest BCUT2D eigenvalue weighted by Crippen LogP contribution is -2.34. The topological polar surface area (TPSA) is 51.5 Å². The quantitative estimate of drug-likeness (QED) is 0.767. The summed E-state index contributed by atoms with van der Waals surface area (Å²) >= 11 is 0. The van der Waals surface area contributed by atoms with Gasteiger partial charge >= 0.3 is 11.8 Å². The van der Waals surface area contributed by atoms with E-state index in [2.05, 4.69) is 4.98 Å². The fourth-order valence-electron chi connectivity index (χ4n) is 2.26. The monoisotopic (exact) mass is 253 g/mol. The Morgan fingerprint density at radius 3 is 2.26 bits per heavy atom. The second-order valence-corrected chi connectivity index (χ2v) is 4.43. The fraction of sp³-hybridized carbons (Fsp3) is 0.133. The first-order chi connectivity index (χ1) is 9.22. The molecule has 0 saturated carbocycles. The molecule has 0 spiro atoms. The van der Waals surface area contributed by atoms with Gasteiger partial charge in [0.05, 0.1) is 17.3 Å². The summed E-state index contributed by atoms with van der Waals surface area (Å²) in [4.78, 5) is 28.7. The molecule has 1 N–H and O–H groups in total. The van der Waals surface area contributed by atoms with Crippen molar-refractivity contribution in [3.8, 4) is 0 Å². The number of fused-ring (bicyclic) bond motifs is 1. The Kier molecular flexibility index (Phi) is 2.63. The number of amides is 2. The van der Waals surface area contributed by atoms with E-state index in [-0.39, 0.29) is 11.8 Å². The third-order valence-corrected chi connectivity index (χ3v) is 3.29. The maximum atomic E-state index is 12.3. The summed E-state index contributed by atoms with van der Waals surface area (Å²) < 4.78 is 0. The van der Waals surface area contributed by atoms with Crippen molar-refractivity contribution < 1.29 is 14.6 Å². The summed E-state index contributed by atoms with van der Waals surface area (Å²) in [6, 6.07) is 10.7. The van der Waals surface area contributed by atoms with Crippen molar-refractivity contribution in [2.24, 2.45) is 0 Å². The molecule has 1 aliphatic heterocycles. The highest BCUT2D eigenvalue weighted by atomic mass is 16.2. The molecular formula is C15H13N2O2+. The number of nitrogens with one attached hydrogen (secondary N) is 1. The summed E-state index contributed by atoms with van der Waals surface area (Å²) in [6.45, 7) is 2.03. The van der Waals surface area contributed by atoms with Gasteiger partial charge in [-0.1, -0.05) is 19.1 Å². The van der Waals surface area contributed by atoms with E-state index in [9.17, 15) is 9.59 Å². The van der Waals surface area contributed by atoms with Crippen LogP contribution in [0.4, 0.5) is 5.82 Å². The minimum absolute atomic E-state index is 0.273. The smallest absolute Gasteiger partial charge is 0.247 e. The van der Waals surface area contributed by atoms with Crippen LogP contribution in [0.3, 0.4) is 0 Å². The molecule has 19 heavy (non-hydrogen) atoms. The van der Waals surface area contributed by atoms with Gasteiger partial charge in [-0.3, -0.25) is 0 Å². The van der Waals surface area contributed by atoms with E-state index in [4.69, 9.17) is 0 Å². The molecule has 0 saturated heterocycles. The lowest BCUT2D eigenvalue weighted by atomic mass is 10.1. The van der Waals surface area contributed by atoms with Crippen LogP contribution in [0.2, 0.25) is 0 Å². The predicted molar refractivity (Wildman–Crippen MR) is 70.0 cm³/mol. The average molecular weight is 253 g/mol. The summed E-state index contributed by atoms with van der Waals surface area (Å²) in [7, 11) is 0. The summed E-state index contributed by atoms with van der Waals surface area (Å²) in [5, 5.41) is 0. The average Bonchev–Trinajstić information content (AvgIpc) is 2.72. The molecule has 4 nitrogen and oxygen atoms in total. The van der Waals surface area contributed by atoms with Gasteiger partial charge in [-0.25, -0.2) is 14.6 Å². The zero-order valence-corrected chi connectivity index (χ0v) is 10.5. The molecule has 1 aromatic carbocycles. The van der Waals surface area contributed by atoms with Crippen LogP contribution in [0.25, 0.3) is 0 Å². The highest BCUT2D eigenvalue weighted by molar-refractivity contribution is 6.33. The second-order valence-electron chi connectivity index (χ2n) is 4.43. The van der Waals surface area contributed by atoms with Gasteiger partial charge in [0.15, 0.2) is 0 Å². The number of H-pyrrole nitrogens is 1. The predicted octanol–water partition coefficient (Wildman–Crippen LogP) is 1.86. The number of pyridine rings is 1.